The third-order valence-corrected chi connectivity index (χ3v) is 3.87. The van der Waals surface area contributed by atoms with Gasteiger partial charge in [0.1, 0.15) is 12.4 Å². The molecule has 1 N–H and O–H groups in total. The number of hydrogen-bond acceptors (Lipinski definition) is 2. The Morgan fingerprint density at radius 2 is 1.83 bits per heavy atom. The van der Waals surface area contributed by atoms with Crippen LogP contribution in [0.25, 0.3) is 0 Å². The monoisotopic (exact) mass is 329 g/mol. The van der Waals surface area contributed by atoms with E-state index in [4.69, 9.17) is 5.11 Å². The molecule has 0 aromatic heterocycles. The van der Waals surface area contributed by atoms with Crippen LogP contribution in [0.3, 0.4) is 0 Å². The van der Waals surface area contributed by atoms with Gasteiger partial charge in [0.05, 0.1) is 5.92 Å². The lowest BCUT2D eigenvalue weighted by atomic mass is 9.99. The van der Waals surface area contributed by atoms with Gasteiger partial charge in [0.2, 0.25) is 5.91 Å². The van der Waals surface area contributed by atoms with Crippen molar-refractivity contribution in [2.45, 2.75) is 19.3 Å². The second kappa shape index (κ2) is 8.24. The Hall–Kier alpha value is -2.69. The first kappa shape index (κ1) is 17.7. The fourth-order valence-electron chi connectivity index (χ4n) is 2.53. The van der Waals surface area contributed by atoms with Crippen molar-refractivity contribution >= 4 is 11.9 Å². The second-order valence-corrected chi connectivity index (χ2v) is 5.67. The number of rotatable bonds is 7. The van der Waals surface area contributed by atoms with Gasteiger partial charge in [-0.25, -0.2) is 4.39 Å². The summed E-state index contributed by atoms with van der Waals surface area (Å²) in [7, 11) is 0. The lowest BCUT2D eigenvalue weighted by Gasteiger charge is -2.24. The fraction of sp³-hybridized carbons (Fsp3) is 0.263. The summed E-state index contributed by atoms with van der Waals surface area (Å²) >= 11 is 0. The Morgan fingerprint density at radius 1 is 1.12 bits per heavy atom. The van der Waals surface area contributed by atoms with Gasteiger partial charge in [-0.1, -0.05) is 42.5 Å². The Bertz CT molecular complexity index is 703. The Labute approximate surface area is 140 Å². The topological polar surface area (TPSA) is 57.6 Å². The first-order valence-electron chi connectivity index (χ1n) is 7.77. The Morgan fingerprint density at radius 3 is 2.46 bits per heavy atom. The highest BCUT2D eigenvalue weighted by molar-refractivity contribution is 5.86. The highest BCUT2D eigenvalue weighted by Gasteiger charge is 2.23. The van der Waals surface area contributed by atoms with Crippen LogP contribution < -0.4 is 0 Å². The van der Waals surface area contributed by atoms with Crippen molar-refractivity contribution in [2.24, 2.45) is 0 Å². The number of carbonyl (C=O) groups excluding carboxylic acids is 1. The van der Waals surface area contributed by atoms with Gasteiger partial charge in [-0.2, -0.15) is 0 Å². The molecular weight excluding hydrogens is 309 g/mol. The molecule has 0 bridgehead atoms. The van der Waals surface area contributed by atoms with Crippen molar-refractivity contribution < 1.29 is 19.1 Å². The lowest BCUT2D eigenvalue weighted by Crippen LogP contribution is -2.39. The summed E-state index contributed by atoms with van der Waals surface area (Å²) in [6, 6.07) is 15.4. The molecule has 24 heavy (non-hydrogen) atoms. The number of benzene rings is 2. The SMILES string of the molecule is CC(C(=O)N(CCc1ccccc1)CC(=O)O)c1cccc(F)c1. The molecule has 0 heterocycles. The maximum atomic E-state index is 13.4. The number of halogens is 1. The zero-order valence-electron chi connectivity index (χ0n) is 13.5. The largest absolute Gasteiger partial charge is 0.480 e. The molecule has 2 rings (SSSR count). The van der Waals surface area contributed by atoms with Crippen LogP contribution in [0.2, 0.25) is 0 Å². The van der Waals surface area contributed by atoms with Crippen LogP contribution in [0.1, 0.15) is 24.0 Å². The molecule has 0 aliphatic carbocycles. The van der Waals surface area contributed by atoms with Crippen molar-refractivity contribution in [3.63, 3.8) is 0 Å². The van der Waals surface area contributed by atoms with Gasteiger partial charge < -0.3 is 10.0 Å². The smallest absolute Gasteiger partial charge is 0.323 e. The van der Waals surface area contributed by atoms with E-state index in [0.717, 1.165) is 5.56 Å². The molecule has 2 aromatic rings. The van der Waals surface area contributed by atoms with Gasteiger partial charge in [-0.3, -0.25) is 9.59 Å². The molecule has 2 aromatic carbocycles. The zero-order chi connectivity index (χ0) is 17.5. The number of carboxylic acid groups (broad SMARTS) is 1. The number of aliphatic carboxylic acids is 1. The van der Waals surface area contributed by atoms with Gasteiger partial charge >= 0.3 is 5.97 Å². The standard InChI is InChI=1S/C19H20FNO3/c1-14(16-8-5-9-17(20)12-16)19(24)21(13-18(22)23)11-10-15-6-3-2-4-7-15/h2-9,12,14H,10-11,13H2,1H3,(H,22,23). The highest BCUT2D eigenvalue weighted by atomic mass is 19.1. The van der Waals surface area contributed by atoms with Gasteiger partial charge in [0.15, 0.2) is 0 Å². The van der Waals surface area contributed by atoms with Gasteiger partial charge in [0.25, 0.3) is 0 Å². The average molecular weight is 329 g/mol. The van der Waals surface area contributed by atoms with E-state index >= 15 is 0 Å². The van der Waals surface area contributed by atoms with E-state index in [2.05, 4.69) is 0 Å². The van der Waals surface area contributed by atoms with Gasteiger partial charge in [-0.05, 0) is 36.6 Å². The van der Waals surface area contributed by atoms with E-state index in [1.807, 2.05) is 30.3 Å². The molecule has 0 spiro atoms. The molecule has 1 amide bonds. The summed E-state index contributed by atoms with van der Waals surface area (Å²) in [6.07, 6.45) is 0.565. The third-order valence-electron chi connectivity index (χ3n) is 3.87. The molecule has 5 heteroatoms. The molecule has 0 saturated heterocycles. The van der Waals surface area contributed by atoms with Gasteiger partial charge in [-0.15, -0.1) is 0 Å². The van der Waals surface area contributed by atoms with Crippen LogP contribution in [0.15, 0.2) is 54.6 Å². The van der Waals surface area contributed by atoms with Crippen molar-refractivity contribution in [3.05, 3.63) is 71.5 Å². The number of hydrogen-bond donors (Lipinski definition) is 1. The van der Waals surface area contributed by atoms with E-state index in [-0.39, 0.29) is 12.5 Å². The first-order valence-corrected chi connectivity index (χ1v) is 7.77. The molecule has 126 valence electrons. The molecule has 4 nitrogen and oxygen atoms in total. The van der Waals surface area contributed by atoms with Crippen LogP contribution in [-0.4, -0.2) is 35.0 Å². The third kappa shape index (κ3) is 4.91. The molecule has 0 aliphatic rings. The van der Waals surface area contributed by atoms with Crippen molar-refractivity contribution in [3.8, 4) is 0 Å². The second-order valence-electron chi connectivity index (χ2n) is 5.67. The summed E-state index contributed by atoms with van der Waals surface area (Å²) in [6.45, 7) is 1.59. The van der Waals surface area contributed by atoms with Crippen molar-refractivity contribution in [2.75, 3.05) is 13.1 Å². The Kier molecular flexibility index (Phi) is 6.07. The number of carboxylic acids is 1. The van der Waals surface area contributed by atoms with Crippen molar-refractivity contribution in [1.82, 2.24) is 4.90 Å². The minimum atomic E-state index is -1.07. The molecule has 0 fully saturated rings. The summed E-state index contributed by atoms with van der Waals surface area (Å²) < 4.78 is 13.4. The predicted octanol–water partition coefficient (Wildman–Crippen LogP) is 3.09. The molecule has 0 saturated carbocycles. The highest BCUT2D eigenvalue weighted by Crippen LogP contribution is 2.19. The maximum absolute atomic E-state index is 13.4. The van der Waals surface area contributed by atoms with Crippen LogP contribution in [0, 0.1) is 5.82 Å². The van der Waals surface area contributed by atoms with Crippen LogP contribution in [0.5, 0.6) is 0 Å². The van der Waals surface area contributed by atoms with E-state index < -0.39 is 17.7 Å². The molecule has 0 aliphatic heterocycles. The zero-order valence-corrected chi connectivity index (χ0v) is 13.5. The average Bonchev–Trinajstić information content (AvgIpc) is 2.58. The molecule has 1 unspecified atom stereocenters. The van der Waals surface area contributed by atoms with Crippen LogP contribution >= 0.6 is 0 Å². The number of carbonyl (C=O) groups is 2. The molecule has 0 radical (unpaired) electrons. The maximum Gasteiger partial charge on any atom is 0.323 e. The minimum absolute atomic E-state index is 0.300. The summed E-state index contributed by atoms with van der Waals surface area (Å²) in [5, 5.41) is 9.07. The molecule has 1 atom stereocenters. The van der Waals surface area contributed by atoms with E-state index in [9.17, 15) is 14.0 Å². The van der Waals surface area contributed by atoms with Crippen LogP contribution in [0.4, 0.5) is 4.39 Å². The molecular formula is C19H20FNO3. The van der Waals surface area contributed by atoms with Gasteiger partial charge in [0, 0.05) is 6.54 Å². The fourth-order valence-corrected chi connectivity index (χ4v) is 2.53. The predicted molar refractivity (Wildman–Crippen MR) is 89.2 cm³/mol. The van der Waals surface area contributed by atoms with Crippen molar-refractivity contribution in [1.29, 1.82) is 0 Å². The van der Waals surface area contributed by atoms with E-state index in [1.165, 1.54) is 17.0 Å². The first-order chi connectivity index (χ1) is 11.5. The summed E-state index contributed by atoms with van der Waals surface area (Å²) in [5.41, 5.74) is 1.56. The quantitative estimate of drug-likeness (QED) is 0.849. The Balaban J connectivity index is 2.10. The van der Waals surface area contributed by atoms with E-state index in [1.54, 1.807) is 19.1 Å². The lowest BCUT2D eigenvalue weighted by molar-refractivity contribution is -0.144. The van der Waals surface area contributed by atoms with Crippen LogP contribution in [-0.2, 0) is 16.0 Å². The minimum Gasteiger partial charge on any atom is -0.480 e. The number of amides is 1. The van der Waals surface area contributed by atoms with E-state index in [0.29, 0.717) is 18.5 Å². The summed E-state index contributed by atoms with van der Waals surface area (Å²) in [5.74, 6) is -2.40. The normalized spacial score (nSPS) is 11.8. The number of nitrogens with zero attached hydrogens (tertiary/aromatic N) is 1. The summed E-state index contributed by atoms with van der Waals surface area (Å²) in [4.78, 5) is 25.0.